The molecule has 1 aromatic heterocycles. The summed E-state index contributed by atoms with van der Waals surface area (Å²) in [5.74, 6) is 0.235. The van der Waals surface area contributed by atoms with E-state index in [2.05, 4.69) is 15.6 Å². The number of hydrogen-bond acceptors (Lipinski definition) is 5. The first-order valence-corrected chi connectivity index (χ1v) is 10.2. The lowest BCUT2D eigenvalue weighted by atomic mass is 10.1. The molecule has 3 rings (SSSR count). The minimum Gasteiger partial charge on any atom is -0.431 e. The van der Waals surface area contributed by atoms with E-state index >= 15 is 0 Å². The van der Waals surface area contributed by atoms with E-state index in [1.165, 1.54) is 11.8 Å². The zero-order valence-corrected chi connectivity index (χ0v) is 17.3. The van der Waals surface area contributed by atoms with Crippen molar-refractivity contribution in [2.24, 2.45) is 0 Å². The number of rotatable bonds is 6. The summed E-state index contributed by atoms with van der Waals surface area (Å²) in [6, 6.07) is 18.9. The number of nitrogens with one attached hydrogen (secondary N) is 2. The van der Waals surface area contributed by atoms with Gasteiger partial charge in [0, 0.05) is 17.2 Å². The Kier molecular flexibility index (Phi) is 6.72. The lowest BCUT2D eigenvalue weighted by molar-refractivity contribution is -0.119. The van der Waals surface area contributed by atoms with Crippen molar-refractivity contribution < 1.29 is 14.0 Å². The third-order valence-electron chi connectivity index (χ3n) is 3.99. The minimum atomic E-state index is -0.557. The molecule has 0 aliphatic rings. The first kappa shape index (κ1) is 20.7. The summed E-state index contributed by atoms with van der Waals surface area (Å²) in [4.78, 5) is 28.7. The van der Waals surface area contributed by atoms with Crippen molar-refractivity contribution in [2.45, 2.75) is 37.3 Å². The van der Waals surface area contributed by atoms with Gasteiger partial charge in [-0.25, -0.2) is 9.78 Å². The normalized spacial score (nSPS) is 11.9. The van der Waals surface area contributed by atoms with Crippen LogP contribution in [0.15, 0.2) is 70.3 Å². The lowest BCUT2D eigenvalue weighted by Gasteiger charge is -2.11. The second-order valence-corrected chi connectivity index (χ2v) is 8.06. The second-order valence-electron chi connectivity index (χ2n) is 6.77. The van der Waals surface area contributed by atoms with Crippen LogP contribution in [0.2, 0.25) is 0 Å². The molecule has 0 saturated heterocycles. The van der Waals surface area contributed by atoms with Crippen LogP contribution in [0.3, 0.4) is 0 Å². The Morgan fingerprint density at radius 2 is 1.52 bits per heavy atom. The maximum absolute atomic E-state index is 12.3. The van der Waals surface area contributed by atoms with Gasteiger partial charge in [-0.3, -0.25) is 10.1 Å². The van der Waals surface area contributed by atoms with Crippen LogP contribution in [0.4, 0.5) is 4.79 Å². The van der Waals surface area contributed by atoms with Gasteiger partial charge in [0.1, 0.15) is 5.69 Å². The number of amides is 3. The highest BCUT2D eigenvalue weighted by Crippen LogP contribution is 2.36. The maximum Gasteiger partial charge on any atom is 0.321 e. The molecule has 1 heterocycles. The van der Waals surface area contributed by atoms with E-state index in [1.807, 2.05) is 74.5 Å². The van der Waals surface area contributed by atoms with Gasteiger partial charge in [0.2, 0.25) is 5.91 Å². The molecular weight excluding hydrogens is 386 g/mol. The molecule has 0 bridgehead atoms. The molecule has 7 heteroatoms. The summed E-state index contributed by atoms with van der Waals surface area (Å²) in [7, 11) is 0. The molecule has 1 atom stereocenters. The highest BCUT2D eigenvalue weighted by atomic mass is 32.2. The van der Waals surface area contributed by atoms with Crippen LogP contribution in [0.1, 0.15) is 20.8 Å². The summed E-state index contributed by atoms with van der Waals surface area (Å²) in [6.45, 7) is 5.35. The van der Waals surface area contributed by atoms with Crippen LogP contribution in [0.25, 0.3) is 22.6 Å². The fraction of sp³-hybridized carbons (Fsp3) is 0.227. The van der Waals surface area contributed by atoms with E-state index < -0.39 is 17.2 Å². The van der Waals surface area contributed by atoms with E-state index in [9.17, 15) is 9.59 Å². The largest absolute Gasteiger partial charge is 0.431 e. The quantitative estimate of drug-likeness (QED) is 0.575. The van der Waals surface area contributed by atoms with E-state index in [4.69, 9.17) is 4.42 Å². The number of carbonyl (C=O) groups is 2. The molecule has 3 amide bonds. The molecule has 3 aromatic rings. The highest BCUT2D eigenvalue weighted by molar-refractivity contribution is 8.00. The van der Waals surface area contributed by atoms with Gasteiger partial charge in [0.15, 0.2) is 5.76 Å². The number of urea groups is 1. The van der Waals surface area contributed by atoms with Gasteiger partial charge in [-0.05, 0) is 20.8 Å². The van der Waals surface area contributed by atoms with Gasteiger partial charge >= 0.3 is 6.03 Å². The van der Waals surface area contributed by atoms with Gasteiger partial charge in [-0.15, -0.1) is 0 Å². The Bertz CT molecular complexity index is 914. The summed E-state index contributed by atoms with van der Waals surface area (Å²) >= 11 is 1.17. The molecular formula is C22H23N3O3S. The van der Waals surface area contributed by atoms with Gasteiger partial charge in [0.25, 0.3) is 5.22 Å². The molecule has 2 aromatic carbocycles. The van der Waals surface area contributed by atoms with E-state index in [1.54, 1.807) is 6.92 Å². The van der Waals surface area contributed by atoms with Crippen molar-refractivity contribution in [3.63, 3.8) is 0 Å². The summed E-state index contributed by atoms with van der Waals surface area (Å²) in [5, 5.41) is 4.78. The Morgan fingerprint density at radius 1 is 0.931 bits per heavy atom. The predicted molar refractivity (Wildman–Crippen MR) is 115 cm³/mol. The summed E-state index contributed by atoms with van der Waals surface area (Å²) < 4.78 is 6.02. The Labute approximate surface area is 174 Å². The van der Waals surface area contributed by atoms with Crippen molar-refractivity contribution in [2.75, 3.05) is 0 Å². The number of hydrogen-bond donors (Lipinski definition) is 2. The lowest BCUT2D eigenvalue weighted by Crippen LogP contribution is -2.45. The van der Waals surface area contributed by atoms with E-state index in [0.29, 0.717) is 16.7 Å². The number of oxazole rings is 1. The first-order chi connectivity index (χ1) is 13.9. The summed E-state index contributed by atoms with van der Waals surface area (Å²) in [6.07, 6.45) is 0. The molecule has 0 spiro atoms. The molecule has 0 fully saturated rings. The fourth-order valence-electron chi connectivity index (χ4n) is 2.64. The number of thioether (sulfide) groups is 1. The smallest absolute Gasteiger partial charge is 0.321 e. The van der Waals surface area contributed by atoms with Crippen molar-refractivity contribution in [1.82, 2.24) is 15.6 Å². The average Bonchev–Trinajstić information content (AvgIpc) is 3.12. The third-order valence-corrected chi connectivity index (χ3v) is 4.94. The van der Waals surface area contributed by atoms with Crippen LogP contribution < -0.4 is 10.6 Å². The molecule has 29 heavy (non-hydrogen) atoms. The predicted octanol–water partition coefficient (Wildman–Crippen LogP) is 4.72. The van der Waals surface area contributed by atoms with E-state index in [-0.39, 0.29) is 6.04 Å². The van der Waals surface area contributed by atoms with Crippen LogP contribution >= 0.6 is 11.8 Å². The molecule has 0 unspecified atom stereocenters. The molecule has 6 nitrogen and oxygen atoms in total. The number of carbonyl (C=O) groups excluding carboxylic acids is 2. The molecule has 0 radical (unpaired) electrons. The molecule has 0 aliphatic heterocycles. The van der Waals surface area contributed by atoms with Crippen molar-refractivity contribution in [3.05, 3.63) is 60.7 Å². The third kappa shape index (κ3) is 5.48. The van der Waals surface area contributed by atoms with Crippen LogP contribution in [0.5, 0.6) is 0 Å². The Balaban J connectivity index is 1.82. The average molecular weight is 410 g/mol. The number of aromatic nitrogens is 1. The Hall–Kier alpha value is -3.06. The van der Waals surface area contributed by atoms with Gasteiger partial charge in [0.05, 0.1) is 5.25 Å². The first-order valence-electron chi connectivity index (χ1n) is 9.33. The molecule has 0 saturated carbocycles. The van der Waals surface area contributed by atoms with E-state index in [0.717, 1.165) is 11.1 Å². The zero-order valence-electron chi connectivity index (χ0n) is 16.5. The minimum absolute atomic E-state index is 0.0561. The Morgan fingerprint density at radius 3 is 2.10 bits per heavy atom. The second kappa shape index (κ2) is 9.43. The van der Waals surface area contributed by atoms with Crippen molar-refractivity contribution >= 4 is 23.7 Å². The number of benzene rings is 2. The SMILES string of the molecule is CC(C)NC(=O)NC(=O)[C@@H](C)Sc1nc(-c2ccccc2)c(-c2ccccc2)o1. The van der Waals surface area contributed by atoms with Gasteiger partial charge in [-0.2, -0.15) is 0 Å². The van der Waals surface area contributed by atoms with Crippen LogP contribution in [-0.4, -0.2) is 28.2 Å². The fourth-order valence-corrected chi connectivity index (χ4v) is 3.39. The molecule has 2 N–H and O–H groups in total. The topological polar surface area (TPSA) is 84.2 Å². The zero-order chi connectivity index (χ0) is 20.8. The maximum atomic E-state index is 12.3. The van der Waals surface area contributed by atoms with Crippen LogP contribution in [0, 0.1) is 0 Å². The van der Waals surface area contributed by atoms with Crippen molar-refractivity contribution in [1.29, 1.82) is 0 Å². The molecule has 0 aliphatic carbocycles. The van der Waals surface area contributed by atoms with Crippen LogP contribution in [-0.2, 0) is 4.79 Å². The monoisotopic (exact) mass is 409 g/mol. The number of nitrogens with zero attached hydrogens (tertiary/aromatic N) is 1. The van der Waals surface area contributed by atoms with Crippen molar-refractivity contribution in [3.8, 4) is 22.6 Å². The standard InChI is InChI=1S/C22H23N3O3S/c1-14(2)23-21(27)25-20(26)15(3)29-22-24-18(16-10-6-4-7-11-16)19(28-22)17-12-8-5-9-13-17/h4-15H,1-3H3,(H2,23,25,26,27)/t15-/m1/s1. The van der Waals surface area contributed by atoms with Gasteiger partial charge in [-0.1, -0.05) is 72.4 Å². The van der Waals surface area contributed by atoms with Gasteiger partial charge < -0.3 is 9.73 Å². The summed E-state index contributed by atoms with van der Waals surface area (Å²) in [5.41, 5.74) is 2.54. The number of imide groups is 1. The highest BCUT2D eigenvalue weighted by Gasteiger charge is 2.23. The molecule has 150 valence electrons.